The second-order valence-corrected chi connectivity index (χ2v) is 4.48. The molecule has 0 atom stereocenters. The Bertz CT molecular complexity index is 635. The van der Waals surface area contributed by atoms with Crippen molar-refractivity contribution in [3.63, 3.8) is 0 Å². The molecule has 0 aliphatic heterocycles. The second-order valence-electron chi connectivity index (χ2n) is 4.48. The molecule has 0 aliphatic rings. The van der Waals surface area contributed by atoms with Crippen molar-refractivity contribution in [3.8, 4) is 0 Å². The van der Waals surface area contributed by atoms with E-state index in [1.807, 2.05) is 42.5 Å². The highest BCUT2D eigenvalue weighted by atomic mass is 16.5. The van der Waals surface area contributed by atoms with Crippen LogP contribution in [0, 0.1) is 0 Å². The van der Waals surface area contributed by atoms with Gasteiger partial charge in [-0.05, 0) is 23.3 Å². The predicted molar refractivity (Wildman–Crippen MR) is 80.8 cm³/mol. The highest BCUT2D eigenvalue weighted by molar-refractivity contribution is 5.86. The monoisotopic (exact) mass is 286 g/mol. The highest BCUT2D eigenvalue weighted by Crippen LogP contribution is 2.17. The van der Waals surface area contributed by atoms with Crippen LogP contribution in [0.5, 0.6) is 0 Å². The van der Waals surface area contributed by atoms with Gasteiger partial charge < -0.3 is 15.4 Å². The number of fused-ring (bicyclic) bond motifs is 1. The van der Waals surface area contributed by atoms with Crippen LogP contribution < -0.4 is 10.6 Å². The summed E-state index contributed by atoms with van der Waals surface area (Å²) in [5, 5.41) is 7.42. The van der Waals surface area contributed by atoms with Crippen molar-refractivity contribution in [2.45, 2.75) is 13.5 Å². The second kappa shape index (κ2) is 7.28. The Morgan fingerprint density at radius 2 is 1.81 bits per heavy atom. The van der Waals surface area contributed by atoms with Crippen molar-refractivity contribution in [3.05, 3.63) is 48.0 Å². The molecule has 0 heterocycles. The molecule has 2 aromatic carbocycles. The van der Waals surface area contributed by atoms with Crippen LogP contribution in [-0.2, 0) is 16.1 Å². The quantitative estimate of drug-likeness (QED) is 0.828. The molecule has 0 saturated heterocycles. The van der Waals surface area contributed by atoms with Crippen molar-refractivity contribution in [1.29, 1.82) is 0 Å². The standard InChI is InChI=1S/C16H18N2O3/c1-2-21-15(19)11-18-16(20)17-10-13-8-5-7-12-6-3-4-9-14(12)13/h3-9H,2,10-11H2,1H3,(H2,17,18,20). The van der Waals surface area contributed by atoms with Gasteiger partial charge in [0.05, 0.1) is 6.61 Å². The van der Waals surface area contributed by atoms with Gasteiger partial charge in [-0.25, -0.2) is 4.79 Å². The molecule has 5 nitrogen and oxygen atoms in total. The molecule has 2 N–H and O–H groups in total. The highest BCUT2D eigenvalue weighted by Gasteiger charge is 2.06. The van der Waals surface area contributed by atoms with E-state index in [1.54, 1.807) is 6.92 Å². The summed E-state index contributed by atoms with van der Waals surface area (Å²) >= 11 is 0. The Labute approximate surface area is 123 Å². The van der Waals surface area contributed by atoms with E-state index in [9.17, 15) is 9.59 Å². The van der Waals surface area contributed by atoms with Crippen molar-refractivity contribution in [1.82, 2.24) is 10.6 Å². The molecular weight excluding hydrogens is 268 g/mol. The summed E-state index contributed by atoms with van der Waals surface area (Å²) in [4.78, 5) is 22.8. The lowest BCUT2D eigenvalue weighted by molar-refractivity contribution is -0.141. The van der Waals surface area contributed by atoms with Crippen LogP contribution in [-0.4, -0.2) is 25.2 Å². The summed E-state index contributed by atoms with van der Waals surface area (Å²) in [5.41, 5.74) is 1.03. The molecule has 110 valence electrons. The van der Waals surface area contributed by atoms with Gasteiger partial charge in [-0.15, -0.1) is 0 Å². The fourth-order valence-electron chi connectivity index (χ4n) is 2.05. The number of urea groups is 1. The minimum Gasteiger partial charge on any atom is -0.465 e. The van der Waals surface area contributed by atoms with E-state index in [4.69, 9.17) is 4.74 Å². The minimum absolute atomic E-state index is 0.130. The van der Waals surface area contributed by atoms with Gasteiger partial charge in [-0.3, -0.25) is 4.79 Å². The van der Waals surface area contributed by atoms with E-state index < -0.39 is 12.0 Å². The number of hydrogen-bond donors (Lipinski definition) is 2. The summed E-state index contributed by atoms with van der Waals surface area (Å²) in [5.74, 6) is -0.446. The van der Waals surface area contributed by atoms with E-state index in [0.717, 1.165) is 16.3 Å². The predicted octanol–water partition coefficient (Wildman–Crippen LogP) is 2.20. The average Bonchev–Trinajstić information content (AvgIpc) is 2.51. The number of carbonyl (C=O) groups excluding carboxylic acids is 2. The Morgan fingerprint density at radius 1 is 1.05 bits per heavy atom. The van der Waals surface area contributed by atoms with Gasteiger partial charge in [-0.1, -0.05) is 42.5 Å². The molecule has 0 aliphatic carbocycles. The maximum Gasteiger partial charge on any atom is 0.325 e. The van der Waals surface area contributed by atoms with Crippen LogP contribution in [0.25, 0.3) is 10.8 Å². The number of hydrogen-bond acceptors (Lipinski definition) is 3. The lowest BCUT2D eigenvalue weighted by Gasteiger charge is -2.09. The Balaban J connectivity index is 1.90. The summed E-state index contributed by atoms with van der Waals surface area (Å²) in [6.45, 7) is 2.29. The van der Waals surface area contributed by atoms with Gasteiger partial charge in [0.2, 0.25) is 0 Å². The largest absolute Gasteiger partial charge is 0.465 e. The van der Waals surface area contributed by atoms with Crippen LogP contribution in [0.4, 0.5) is 4.79 Å². The maximum absolute atomic E-state index is 11.6. The minimum atomic E-state index is -0.446. The molecule has 0 fully saturated rings. The Morgan fingerprint density at radius 3 is 2.62 bits per heavy atom. The smallest absolute Gasteiger partial charge is 0.325 e. The Kier molecular flexibility index (Phi) is 5.15. The molecule has 2 amide bonds. The van der Waals surface area contributed by atoms with E-state index >= 15 is 0 Å². The molecule has 2 rings (SSSR count). The van der Waals surface area contributed by atoms with E-state index in [2.05, 4.69) is 10.6 Å². The lowest BCUT2D eigenvalue weighted by atomic mass is 10.0. The number of ether oxygens (including phenoxy) is 1. The van der Waals surface area contributed by atoms with Crippen LogP contribution in [0.15, 0.2) is 42.5 Å². The zero-order valence-corrected chi connectivity index (χ0v) is 11.9. The topological polar surface area (TPSA) is 67.4 Å². The maximum atomic E-state index is 11.6. The summed E-state index contributed by atoms with van der Waals surface area (Å²) in [7, 11) is 0. The van der Waals surface area contributed by atoms with Crippen molar-refractivity contribution < 1.29 is 14.3 Å². The van der Waals surface area contributed by atoms with Crippen LogP contribution >= 0.6 is 0 Å². The Hall–Kier alpha value is -2.56. The van der Waals surface area contributed by atoms with Gasteiger partial charge in [0.25, 0.3) is 0 Å². The van der Waals surface area contributed by atoms with E-state index in [0.29, 0.717) is 13.2 Å². The van der Waals surface area contributed by atoms with Crippen LogP contribution in [0.1, 0.15) is 12.5 Å². The molecule has 5 heteroatoms. The molecule has 0 spiro atoms. The number of carbonyl (C=O) groups is 2. The first-order chi connectivity index (χ1) is 10.2. The van der Waals surface area contributed by atoms with Gasteiger partial charge in [0, 0.05) is 6.54 Å². The van der Waals surface area contributed by atoms with E-state index in [1.165, 1.54) is 0 Å². The van der Waals surface area contributed by atoms with E-state index in [-0.39, 0.29) is 6.54 Å². The molecule has 21 heavy (non-hydrogen) atoms. The third kappa shape index (κ3) is 4.21. The zero-order valence-electron chi connectivity index (χ0n) is 11.9. The molecular formula is C16H18N2O3. The van der Waals surface area contributed by atoms with Gasteiger partial charge in [-0.2, -0.15) is 0 Å². The fourth-order valence-corrected chi connectivity index (χ4v) is 2.05. The van der Waals surface area contributed by atoms with Crippen molar-refractivity contribution in [2.24, 2.45) is 0 Å². The summed E-state index contributed by atoms with van der Waals surface area (Å²) in [6, 6.07) is 13.5. The number of benzene rings is 2. The number of nitrogens with one attached hydrogen (secondary N) is 2. The van der Waals surface area contributed by atoms with Crippen LogP contribution in [0.3, 0.4) is 0 Å². The summed E-state index contributed by atoms with van der Waals surface area (Å²) in [6.07, 6.45) is 0. The number of rotatable bonds is 5. The van der Waals surface area contributed by atoms with Gasteiger partial charge >= 0.3 is 12.0 Å². The van der Waals surface area contributed by atoms with Crippen molar-refractivity contribution in [2.75, 3.05) is 13.2 Å². The third-order valence-electron chi connectivity index (χ3n) is 3.02. The lowest BCUT2D eigenvalue weighted by Crippen LogP contribution is -2.38. The molecule has 0 bridgehead atoms. The number of amides is 2. The third-order valence-corrected chi connectivity index (χ3v) is 3.02. The number of esters is 1. The zero-order chi connectivity index (χ0) is 15.1. The first-order valence-electron chi connectivity index (χ1n) is 6.84. The van der Waals surface area contributed by atoms with Crippen molar-refractivity contribution >= 4 is 22.8 Å². The molecule has 0 aromatic heterocycles. The molecule has 2 aromatic rings. The normalized spacial score (nSPS) is 10.1. The van der Waals surface area contributed by atoms with Crippen LogP contribution in [0.2, 0.25) is 0 Å². The first-order valence-corrected chi connectivity index (χ1v) is 6.84. The average molecular weight is 286 g/mol. The first kappa shape index (κ1) is 14.8. The van der Waals surface area contributed by atoms with Gasteiger partial charge in [0.15, 0.2) is 0 Å². The molecule has 0 unspecified atom stereocenters. The van der Waals surface area contributed by atoms with Gasteiger partial charge in [0.1, 0.15) is 6.54 Å². The fraction of sp³-hybridized carbons (Fsp3) is 0.250. The molecule has 0 radical (unpaired) electrons. The summed E-state index contributed by atoms with van der Waals surface area (Å²) < 4.78 is 4.73. The SMILES string of the molecule is CCOC(=O)CNC(=O)NCc1cccc2ccccc12. The molecule has 0 saturated carbocycles.